The van der Waals surface area contributed by atoms with Gasteiger partial charge in [-0.15, -0.1) is 0 Å². The summed E-state index contributed by atoms with van der Waals surface area (Å²) in [5.74, 6) is -0.0565. The lowest BCUT2D eigenvalue weighted by atomic mass is 10.0. The first kappa shape index (κ1) is 19.1. The van der Waals surface area contributed by atoms with Gasteiger partial charge in [0, 0.05) is 37.3 Å². The monoisotopic (exact) mass is 369 g/mol. The van der Waals surface area contributed by atoms with E-state index in [2.05, 4.69) is 6.92 Å². The molecule has 0 N–H and O–H groups in total. The number of pyridine rings is 1. The number of carbonyl (C=O) groups is 2. The molecule has 1 saturated heterocycles. The number of nitrogens with zero attached hydrogens (tertiary/aromatic N) is 3. The molecule has 1 aliphatic heterocycles. The maximum absolute atomic E-state index is 13.1. The second-order valence-corrected chi connectivity index (χ2v) is 7.26. The van der Waals surface area contributed by atoms with Crippen molar-refractivity contribution in [3.8, 4) is 0 Å². The van der Waals surface area contributed by atoms with Gasteiger partial charge in [0.15, 0.2) is 5.43 Å². The van der Waals surface area contributed by atoms with Crippen LogP contribution in [0.1, 0.15) is 31.9 Å². The van der Waals surface area contributed by atoms with E-state index in [-0.39, 0.29) is 29.8 Å². The normalized spacial score (nSPS) is 17.6. The molecule has 2 aromatic rings. The Labute approximate surface area is 159 Å². The third kappa shape index (κ3) is 3.75. The van der Waals surface area contributed by atoms with Crippen LogP contribution in [0.15, 0.2) is 35.1 Å². The fourth-order valence-corrected chi connectivity index (χ4v) is 3.78. The van der Waals surface area contributed by atoms with Gasteiger partial charge in [0.05, 0.1) is 5.52 Å². The zero-order valence-electron chi connectivity index (χ0n) is 16.3. The first-order chi connectivity index (χ1) is 12.9. The van der Waals surface area contributed by atoms with Crippen molar-refractivity contribution >= 4 is 22.7 Å². The van der Waals surface area contributed by atoms with Gasteiger partial charge in [-0.2, -0.15) is 0 Å². The molecule has 27 heavy (non-hydrogen) atoms. The highest BCUT2D eigenvalue weighted by molar-refractivity contribution is 5.89. The Balaban J connectivity index is 1.91. The minimum absolute atomic E-state index is 0.0181. The predicted molar refractivity (Wildman–Crippen MR) is 106 cm³/mol. The molecule has 0 spiro atoms. The van der Waals surface area contributed by atoms with E-state index < -0.39 is 0 Å². The molecule has 0 aliphatic carbocycles. The van der Waals surface area contributed by atoms with E-state index in [4.69, 9.17) is 0 Å². The molecular weight excluding hydrogens is 342 g/mol. The topological polar surface area (TPSA) is 62.6 Å². The van der Waals surface area contributed by atoms with Crippen molar-refractivity contribution in [1.29, 1.82) is 0 Å². The number of unbranched alkanes of at least 4 members (excludes halogenated alkanes) is 1. The van der Waals surface area contributed by atoms with Gasteiger partial charge in [0.2, 0.25) is 11.8 Å². The van der Waals surface area contributed by atoms with Crippen molar-refractivity contribution in [1.82, 2.24) is 14.4 Å². The van der Waals surface area contributed by atoms with E-state index >= 15 is 0 Å². The van der Waals surface area contributed by atoms with Crippen molar-refractivity contribution in [2.75, 3.05) is 20.1 Å². The van der Waals surface area contributed by atoms with E-state index in [1.165, 1.54) is 0 Å². The summed E-state index contributed by atoms with van der Waals surface area (Å²) in [7, 11) is 1.79. The van der Waals surface area contributed by atoms with Crippen molar-refractivity contribution in [2.45, 2.75) is 45.7 Å². The zero-order chi connectivity index (χ0) is 19.6. The molecule has 144 valence electrons. The Hall–Kier alpha value is -2.63. The minimum atomic E-state index is -0.387. The summed E-state index contributed by atoms with van der Waals surface area (Å²) in [6, 6.07) is 8.51. The van der Waals surface area contributed by atoms with Gasteiger partial charge in [-0.1, -0.05) is 31.9 Å². The van der Waals surface area contributed by atoms with Gasteiger partial charge in [0.25, 0.3) is 0 Å². The average Bonchev–Trinajstić information content (AvgIpc) is 2.66. The van der Waals surface area contributed by atoms with Crippen LogP contribution in [0.2, 0.25) is 0 Å². The second-order valence-electron chi connectivity index (χ2n) is 7.26. The standard InChI is InChI=1S/C21H27N3O3/c1-4-5-9-18-21(27)22(3)11-12-23(18)20(26)14-24-15(2)13-19(25)16-8-6-7-10-17(16)24/h6-8,10,13,18H,4-5,9,11-12,14H2,1-3H3/t18-/m0/s1. The zero-order valence-corrected chi connectivity index (χ0v) is 16.3. The number of likely N-dealkylation sites (N-methyl/N-ethyl adjacent to an activating group) is 1. The fraction of sp³-hybridized carbons (Fsp3) is 0.476. The van der Waals surface area contributed by atoms with Crippen LogP contribution in [0, 0.1) is 6.92 Å². The average molecular weight is 369 g/mol. The third-order valence-electron chi connectivity index (χ3n) is 5.38. The van der Waals surface area contributed by atoms with Gasteiger partial charge in [-0.3, -0.25) is 14.4 Å². The number of fused-ring (bicyclic) bond motifs is 1. The van der Waals surface area contributed by atoms with Crippen LogP contribution in [0.4, 0.5) is 0 Å². The Kier molecular flexibility index (Phi) is 5.63. The number of hydrogen-bond donors (Lipinski definition) is 0. The SMILES string of the molecule is CCCC[C@H]1C(=O)N(C)CCN1C(=O)Cn1c(C)cc(=O)c2ccccc21. The second kappa shape index (κ2) is 7.94. The molecule has 6 nitrogen and oxygen atoms in total. The number of benzene rings is 1. The number of hydrogen-bond acceptors (Lipinski definition) is 3. The maximum atomic E-state index is 13.1. The molecule has 0 radical (unpaired) electrons. The number of rotatable bonds is 5. The van der Waals surface area contributed by atoms with Crippen LogP contribution in [0.3, 0.4) is 0 Å². The van der Waals surface area contributed by atoms with Crippen molar-refractivity contribution in [3.05, 3.63) is 46.2 Å². The van der Waals surface area contributed by atoms with Crippen LogP contribution in [-0.2, 0) is 16.1 Å². The van der Waals surface area contributed by atoms with Gasteiger partial charge in [-0.25, -0.2) is 0 Å². The van der Waals surface area contributed by atoms with E-state index in [0.29, 0.717) is 24.9 Å². The van der Waals surface area contributed by atoms with Gasteiger partial charge in [-0.05, 0) is 25.5 Å². The summed E-state index contributed by atoms with van der Waals surface area (Å²) in [5, 5.41) is 0.605. The molecule has 2 amide bonds. The number of carbonyl (C=O) groups excluding carboxylic acids is 2. The summed E-state index contributed by atoms with van der Waals surface area (Å²) in [6.07, 6.45) is 2.59. The minimum Gasteiger partial charge on any atom is -0.342 e. The predicted octanol–water partition coefficient (Wildman–Crippen LogP) is 2.17. The van der Waals surface area contributed by atoms with Gasteiger partial charge >= 0.3 is 0 Å². The van der Waals surface area contributed by atoms with Crippen LogP contribution in [-0.4, -0.2) is 52.4 Å². The highest BCUT2D eigenvalue weighted by Gasteiger charge is 2.35. The largest absolute Gasteiger partial charge is 0.342 e. The quantitative estimate of drug-likeness (QED) is 0.811. The molecule has 1 fully saturated rings. The Morgan fingerprint density at radius 2 is 1.93 bits per heavy atom. The number of amides is 2. The molecule has 1 aliphatic rings. The summed E-state index contributed by atoms with van der Waals surface area (Å²) < 4.78 is 1.87. The molecule has 1 atom stereocenters. The summed E-state index contributed by atoms with van der Waals surface area (Å²) in [4.78, 5) is 41.4. The molecule has 0 unspecified atom stereocenters. The van der Waals surface area contributed by atoms with Crippen molar-refractivity contribution in [2.24, 2.45) is 0 Å². The van der Waals surface area contributed by atoms with Crippen molar-refractivity contribution < 1.29 is 9.59 Å². The molecule has 0 bridgehead atoms. The van der Waals surface area contributed by atoms with Crippen LogP contribution in [0.5, 0.6) is 0 Å². The van der Waals surface area contributed by atoms with E-state index in [1.807, 2.05) is 29.7 Å². The highest BCUT2D eigenvalue weighted by atomic mass is 16.2. The molecule has 0 saturated carbocycles. The van der Waals surface area contributed by atoms with E-state index in [1.54, 1.807) is 29.0 Å². The lowest BCUT2D eigenvalue weighted by Crippen LogP contribution is -2.58. The van der Waals surface area contributed by atoms with E-state index in [0.717, 1.165) is 24.1 Å². The summed E-state index contributed by atoms with van der Waals surface area (Å²) in [5.41, 5.74) is 1.46. The fourth-order valence-electron chi connectivity index (χ4n) is 3.78. The molecule has 3 rings (SSSR count). The number of piperazine rings is 1. The highest BCUT2D eigenvalue weighted by Crippen LogP contribution is 2.19. The third-order valence-corrected chi connectivity index (χ3v) is 5.38. The lowest BCUT2D eigenvalue weighted by Gasteiger charge is -2.39. The molecule has 1 aromatic carbocycles. The molecular formula is C21H27N3O3. The number of aryl methyl sites for hydroxylation is 1. The Morgan fingerprint density at radius 3 is 2.67 bits per heavy atom. The van der Waals surface area contributed by atoms with Crippen LogP contribution >= 0.6 is 0 Å². The Bertz CT molecular complexity index is 919. The van der Waals surface area contributed by atoms with Crippen LogP contribution < -0.4 is 5.43 Å². The Morgan fingerprint density at radius 1 is 1.19 bits per heavy atom. The first-order valence-electron chi connectivity index (χ1n) is 9.57. The lowest BCUT2D eigenvalue weighted by molar-refractivity contribution is -0.151. The van der Waals surface area contributed by atoms with Crippen molar-refractivity contribution in [3.63, 3.8) is 0 Å². The first-order valence-corrected chi connectivity index (χ1v) is 9.57. The molecule has 2 heterocycles. The van der Waals surface area contributed by atoms with Gasteiger partial charge < -0.3 is 14.4 Å². The summed E-state index contributed by atoms with van der Waals surface area (Å²) in [6.45, 7) is 5.15. The number of para-hydroxylation sites is 1. The van der Waals surface area contributed by atoms with Crippen LogP contribution in [0.25, 0.3) is 10.9 Å². The molecule has 6 heteroatoms. The van der Waals surface area contributed by atoms with Gasteiger partial charge in [0.1, 0.15) is 12.6 Å². The molecule has 1 aromatic heterocycles. The summed E-state index contributed by atoms with van der Waals surface area (Å²) >= 11 is 0. The number of aromatic nitrogens is 1. The maximum Gasteiger partial charge on any atom is 0.245 e. The smallest absolute Gasteiger partial charge is 0.245 e. The van der Waals surface area contributed by atoms with E-state index in [9.17, 15) is 14.4 Å².